The third-order valence-electron chi connectivity index (χ3n) is 3.59. The van der Waals surface area contributed by atoms with Gasteiger partial charge in [-0.25, -0.2) is 8.42 Å². The molecule has 116 valence electrons. The predicted octanol–water partition coefficient (Wildman–Crippen LogP) is -1.39. The molecule has 6 nitrogen and oxygen atoms in total. The van der Waals surface area contributed by atoms with Gasteiger partial charge in [0.1, 0.15) is 0 Å². The summed E-state index contributed by atoms with van der Waals surface area (Å²) >= 11 is 5.74. The van der Waals surface area contributed by atoms with Gasteiger partial charge in [-0.05, 0) is 18.2 Å². The van der Waals surface area contributed by atoms with E-state index in [0.717, 1.165) is 25.6 Å². The zero-order valence-corrected chi connectivity index (χ0v) is 13.2. The zero-order chi connectivity index (χ0) is 15.6. The van der Waals surface area contributed by atoms with Crippen molar-refractivity contribution in [1.82, 2.24) is 4.31 Å². The van der Waals surface area contributed by atoms with Gasteiger partial charge < -0.3 is 14.8 Å². The molecule has 1 atom stereocenters. The number of hydrogen-bond acceptors (Lipinski definition) is 4. The molecule has 21 heavy (non-hydrogen) atoms. The van der Waals surface area contributed by atoms with E-state index >= 15 is 0 Å². The van der Waals surface area contributed by atoms with Crippen LogP contribution in [-0.2, 0) is 10.0 Å². The summed E-state index contributed by atoms with van der Waals surface area (Å²) < 4.78 is 26.6. The Morgan fingerprint density at radius 3 is 2.71 bits per heavy atom. The van der Waals surface area contributed by atoms with E-state index in [4.69, 9.17) is 11.6 Å². The predicted molar refractivity (Wildman–Crippen MR) is 75.8 cm³/mol. The standard InChI is InChI=1S/C13H17ClN2O4S/c1-15-5-2-6-16(8-7-15)21(19,20)10-3-4-12(14)11(9-10)13(17)18/h3-4,9H,2,5-8H2,1H3,(H,17,18). The third-order valence-corrected chi connectivity index (χ3v) is 5.82. The van der Waals surface area contributed by atoms with Crippen LogP contribution in [0, 0.1) is 0 Å². The molecule has 0 aromatic heterocycles. The van der Waals surface area contributed by atoms with Gasteiger partial charge in [0.25, 0.3) is 0 Å². The number of aromatic carboxylic acids is 1. The average molecular weight is 333 g/mol. The molecule has 0 saturated carbocycles. The fourth-order valence-electron chi connectivity index (χ4n) is 2.32. The molecule has 1 fully saturated rings. The highest BCUT2D eigenvalue weighted by molar-refractivity contribution is 7.89. The highest BCUT2D eigenvalue weighted by atomic mass is 35.5. The van der Waals surface area contributed by atoms with E-state index < -0.39 is 16.0 Å². The lowest BCUT2D eigenvalue weighted by atomic mass is 10.2. The second-order valence-electron chi connectivity index (χ2n) is 5.14. The smallest absolute Gasteiger partial charge is 0.243 e. The highest BCUT2D eigenvalue weighted by Crippen LogP contribution is 2.22. The minimum absolute atomic E-state index is 0.0333. The molecule has 1 aromatic carbocycles. The Kier molecular flexibility index (Phi) is 4.88. The molecule has 1 N–H and O–H groups in total. The summed E-state index contributed by atoms with van der Waals surface area (Å²) in [5, 5.41) is 10.9. The second-order valence-corrected chi connectivity index (χ2v) is 7.49. The van der Waals surface area contributed by atoms with E-state index in [9.17, 15) is 18.3 Å². The van der Waals surface area contributed by atoms with E-state index in [1.54, 1.807) is 0 Å². The van der Waals surface area contributed by atoms with Crippen molar-refractivity contribution in [3.05, 3.63) is 28.8 Å². The molecule has 0 aliphatic carbocycles. The molecule has 0 spiro atoms. The van der Waals surface area contributed by atoms with Crippen LogP contribution in [0.2, 0.25) is 5.02 Å². The molecule has 1 aliphatic rings. The lowest BCUT2D eigenvalue weighted by Crippen LogP contribution is -3.09. The van der Waals surface area contributed by atoms with Gasteiger partial charge in [-0.2, -0.15) is 4.31 Å². The van der Waals surface area contributed by atoms with Gasteiger partial charge in [-0.15, -0.1) is 0 Å². The molecule has 1 aromatic rings. The number of sulfonamides is 1. The normalized spacial score (nSPS) is 21.0. The molecule has 0 amide bonds. The Morgan fingerprint density at radius 1 is 1.33 bits per heavy atom. The number of nitrogens with one attached hydrogen (secondary N) is 1. The van der Waals surface area contributed by atoms with Crippen LogP contribution < -0.4 is 10.0 Å². The van der Waals surface area contributed by atoms with Crippen molar-refractivity contribution in [2.75, 3.05) is 33.2 Å². The minimum Gasteiger partial charge on any atom is -0.545 e. The molecule has 0 bridgehead atoms. The van der Waals surface area contributed by atoms with Gasteiger partial charge in [0.05, 0.1) is 37.5 Å². The maximum absolute atomic E-state index is 12.6. The number of carboxylic acids is 1. The Balaban J connectivity index is 2.35. The quantitative estimate of drug-likeness (QED) is 0.739. The Labute approximate surface area is 129 Å². The first-order chi connectivity index (χ1) is 9.82. The van der Waals surface area contributed by atoms with Gasteiger partial charge in [-0.1, -0.05) is 11.6 Å². The number of benzene rings is 1. The first-order valence-electron chi connectivity index (χ1n) is 6.64. The van der Waals surface area contributed by atoms with Gasteiger partial charge in [-0.3, -0.25) is 0 Å². The number of carbonyl (C=O) groups excluding carboxylic acids is 1. The van der Waals surface area contributed by atoms with Crippen LogP contribution in [-0.4, -0.2) is 51.9 Å². The van der Waals surface area contributed by atoms with Crippen LogP contribution in [0.1, 0.15) is 16.8 Å². The number of hydrogen-bond donors (Lipinski definition) is 1. The Hall–Kier alpha value is -1.15. The summed E-state index contributed by atoms with van der Waals surface area (Å²) in [6, 6.07) is 3.66. The van der Waals surface area contributed by atoms with E-state index in [1.165, 1.54) is 21.3 Å². The van der Waals surface area contributed by atoms with Gasteiger partial charge in [0.15, 0.2) is 0 Å². The Bertz CT molecular complexity index is 648. The summed E-state index contributed by atoms with van der Waals surface area (Å²) in [5.41, 5.74) is -0.310. The number of carboxylic acid groups (broad SMARTS) is 1. The number of carbonyl (C=O) groups is 1. The second kappa shape index (κ2) is 6.31. The maximum Gasteiger partial charge on any atom is 0.243 e. The van der Waals surface area contributed by atoms with Crippen molar-refractivity contribution >= 4 is 27.6 Å². The summed E-state index contributed by atoms with van der Waals surface area (Å²) in [6.07, 6.45) is 0.770. The minimum atomic E-state index is -3.71. The first kappa shape index (κ1) is 16.2. The van der Waals surface area contributed by atoms with Crippen LogP contribution >= 0.6 is 11.6 Å². The fraction of sp³-hybridized carbons (Fsp3) is 0.462. The molecule has 1 heterocycles. The number of nitrogens with zero attached hydrogens (tertiary/aromatic N) is 1. The molecule has 1 unspecified atom stereocenters. The SMILES string of the molecule is C[NH+]1CCCN(S(=O)(=O)c2ccc(Cl)c(C(=O)[O-])c2)CC1. The molecule has 2 rings (SSSR count). The topological polar surface area (TPSA) is 82.0 Å². The van der Waals surface area contributed by atoms with E-state index in [-0.39, 0.29) is 15.5 Å². The average Bonchev–Trinajstić information content (AvgIpc) is 2.63. The molecular weight excluding hydrogens is 316 g/mol. The van der Waals surface area contributed by atoms with Gasteiger partial charge in [0, 0.05) is 23.6 Å². The van der Waals surface area contributed by atoms with E-state index in [1.807, 2.05) is 7.05 Å². The fourth-order valence-corrected chi connectivity index (χ4v) is 4.02. The van der Waals surface area contributed by atoms with Crippen molar-refractivity contribution < 1.29 is 23.2 Å². The van der Waals surface area contributed by atoms with Crippen LogP contribution in [0.3, 0.4) is 0 Å². The lowest BCUT2D eigenvalue weighted by molar-refractivity contribution is -0.877. The lowest BCUT2D eigenvalue weighted by Gasteiger charge is -2.20. The van der Waals surface area contributed by atoms with Crippen LogP contribution in [0.5, 0.6) is 0 Å². The zero-order valence-electron chi connectivity index (χ0n) is 11.6. The maximum atomic E-state index is 12.6. The van der Waals surface area contributed by atoms with Gasteiger partial charge >= 0.3 is 0 Å². The number of rotatable bonds is 3. The summed E-state index contributed by atoms with van der Waals surface area (Å²) in [7, 11) is -1.69. The van der Waals surface area contributed by atoms with Crippen molar-refractivity contribution in [3.63, 3.8) is 0 Å². The number of quaternary nitrogens is 1. The Morgan fingerprint density at radius 2 is 2.05 bits per heavy atom. The monoisotopic (exact) mass is 332 g/mol. The highest BCUT2D eigenvalue weighted by Gasteiger charge is 2.27. The van der Waals surface area contributed by atoms with Crippen molar-refractivity contribution in [1.29, 1.82) is 0 Å². The summed E-state index contributed by atoms with van der Waals surface area (Å²) in [4.78, 5) is 12.2. The third kappa shape index (κ3) is 3.55. The molecule has 1 aliphatic heterocycles. The first-order valence-corrected chi connectivity index (χ1v) is 8.46. The van der Waals surface area contributed by atoms with Crippen LogP contribution in [0.25, 0.3) is 0 Å². The molecule has 0 radical (unpaired) electrons. The van der Waals surface area contributed by atoms with Crippen molar-refractivity contribution in [2.24, 2.45) is 0 Å². The summed E-state index contributed by atoms with van der Waals surface area (Å²) in [5.74, 6) is -1.49. The van der Waals surface area contributed by atoms with Crippen molar-refractivity contribution in [3.8, 4) is 0 Å². The largest absolute Gasteiger partial charge is 0.545 e. The van der Waals surface area contributed by atoms with Crippen LogP contribution in [0.4, 0.5) is 0 Å². The molecule has 1 saturated heterocycles. The molecule has 8 heteroatoms. The van der Waals surface area contributed by atoms with E-state index in [0.29, 0.717) is 13.1 Å². The number of halogens is 1. The van der Waals surface area contributed by atoms with E-state index in [2.05, 4.69) is 0 Å². The molecular formula is C13H17ClN2O4S. The summed E-state index contributed by atoms with van der Waals surface area (Å²) in [6.45, 7) is 2.48. The van der Waals surface area contributed by atoms with Crippen molar-refractivity contribution in [2.45, 2.75) is 11.3 Å². The van der Waals surface area contributed by atoms with Crippen LogP contribution in [0.15, 0.2) is 23.1 Å². The number of likely N-dealkylation sites (N-methyl/N-ethyl adjacent to an activating group) is 1. The van der Waals surface area contributed by atoms with Gasteiger partial charge in [0.2, 0.25) is 10.0 Å².